The quantitative estimate of drug-likeness (QED) is 0.302. The minimum atomic E-state index is -1.15. The fourth-order valence-electron chi connectivity index (χ4n) is 3.18. The van der Waals surface area contributed by atoms with Crippen LogP contribution in [0.2, 0.25) is 0 Å². The Kier molecular flexibility index (Phi) is 7.83. The number of rotatable bonds is 11. The Bertz CT molecular complexity index is 852. The number of hydrogen-bond donors (Lipinski definition) is 5. The van der Waals surface area contributed by atoms with Gasteiger partial charge in [-0.2, -0.15) is 11.8 Å². The van der Waals surface area contributed by atoms with Gasteiger partial charge < -0.3 is 31.1 Å². The van der Waals surface area contributed by atoms with Crippen LogP contribution in [0.1, 0.15) is 32.4 Å². The van der Waals surface area contributed by atoms with Gasteiger partial charge in [-0.05, 0) is 18.6 Å². The molecule has 0 aliphatic carbocycles. The maximum atomic E-state index is 10.8. The summed E-state index contributed by atoms with van der Waals surface area (Å²) in [6.07, 6.45) is 1.62. The maximum absolute atomic E-state index is 10.8. The summed E-state index contributed by atoms with van der Waals surface area (Å²) in [5, 5.41) is 33.0. The molecule has 6 N–H and O–H groups in total. The SMILES string of the molecule is CCCCNc1ncnc2c1ncn2[C@@H]1O[C@H](CSCC[C@H](N)C(=O)O)[C@@H](O)[C@H]1O. The van der Waals surface area contributed by atoms with Crippen LogP contribution >= 0.6 is 11.8 Å². The summed E-state index contributed by atoms with van der Waals surface area (Å²) in [6.45, 7) is 2.87. The number of thioether (sulfide) groups is 1. The summed E-state index contributed by atoms with van der Waals surface area (Å²) < 4.78 is 7.50. The van der Waals surface area contributed by atoms with Gasteiger partial charge in [0.2, 0.25) is 0 Å². The number of aromatic nitrogens is 4. The second-order valence-electron chi connectivity index (χ2n) is 7.18. The van der Waals surface area contributed by atoms with Crippen LogP contribution in [0.15, 0.2) is 12.7 Å². The second-order valence-corrected chi connectivity index (χ2v) is 8.33. The molecule has 0 saturated carbocycles. The van der Waals surface area contributed by atoms with Crippen molar-refractivity contribution in [2.24, 2.45) is 5.73 Å². The highest BCUT2D eigenvalue weighted by atomic mass is 32.2. The van der Waals surface area contributed by atoms with Crippen LogP contribution in [0.3, 0.4) is 0 Å². The molecule has 0 bridgehead atoms. The molecule has 0 amide bonds. The average Bonchev–Trinajstić information content (AvgIpc) is 3.27. The molecule has 11 nitrogen and oxygen atoms in total. The van der Waals surface area contributed by atoms with Crippen LogP contribution in [0.5, 0.6) is 0 Å². The van der Waals surface area contributed by atoms with E-state index in [0.29, 0.717) is 34.9 Å². The molecule has 3 heterocycles. The zero-order valence-electron chi connectivity index (χ0n) is 16.7. The highest BCUT2D eigenvalue weighted by Crippen LogP contribution is 2.33. The summed E-state index contributed by atoms with van der Waals surface area (Å²) in [4.78, 5) is 23.6. The minimum absolute atomic E-state index is 0.311. The number of carboxylic acids is 1. The average molecular weight is 441 g/mol. The summed E-state index contributed by atoms with van der Waals surface area (Å²) in [5.74, 6) is 0.476. The summed E-state index contributed by atoms with van der Waals surface area (Å²) in [7, 11) is 0. The number of carboxylic acid groups (broad SMARTS) is 1. The summed E-state index contributed by atoms with van der Waals surface area (Å²) in [6, 6.07) is -0.914. The lowest BCUT2D eigenvalue weighted by Gasteiger charge is -2.16. The van der Waals surface area contributed by atoms with Crippen LogP contribution < -0.4 is 11.1 Å². The van der Waals surface area contributed by atoms with Crippen LogP contribution in [-0.4, -0.2) is 83.2 Å². The molecule has 1 fully saturated rings. The lowest BCUT2D eigenvalue weighted by atomic mass is 10.1. The highest BCUT2D eigenvalue weighted by Gasteiger charge is 2.44. The van der Waals surface area contributed by atoms with Crippen LogP contribution in [0, 0.1) is 0 Å². The van der Waals surface area contributed by atoms with E-state index in [1.165, 1.54) is 24.4 Å². The van der Waals surface area contributed by atoms with E-state index in [0.717, 1.165) is 19.4 Å². The standard InChI is InChI=1S/C18H28N6O5S/c1-2-3-5-20-15-12-16(22-8-21-15)24(9-23-12)17-14(26)13(25)11(29-17)7-30-6-4-10(19)18(27)28/h8-11,13-14,17,25-26H,2-7,19H2,1H3,(H,27,28)(H,20,21,22)/t10-,11+,13+,14+,17+/m0/s1. The molecule has 3 rings (SSSR count). The van der Waals surface area contributed by atoms with Gasteiger partial charge in [0.05, 0.1) is 12.4 Å². The van der Waals surface area contributed by atoms with E-state index >= 15 is 0 Å². The number of aliphatic hydroxyl groups is 2. The van der Waals surface area contributed by atoms with Crippen molar-refractivity contribution >= 4 is 34.7 Å². The van der Waals surface area contributed by atoms with Gasteiger partial charge in [-0.1, -0.05) is 13.3 Å². The van der Waals surface area contributed by atoms with E-state index in [4.69, 9.17) is 15.6 Å². The van der Waals surface area contributed by atoms with Gasteiger partial charge in [-0.15, -0.1) is 0 Å². The molecule has 1 aliphatic rings. The smallest absolute Gasteiger partial charge is 0.320 e. The van der Waals surface area contributed by atoms with Crippen molar-refractivity contribution in [2.75, 3.05) is 23.4 Å². The fourth-order valence-corrected chi connectivity index (χ4v) is 4.28. The Labute approximate surface area is 178 Å². The highest BCUT2D eigenvalue weighted by molar-refractivity contribution is 7.99. The molecular formula is C18H28N6O5S. The first-order valence-corrected chi connectivity index (χ1v) is 11.1. The molecule has 166 valence electrons. The van der Waals surface area contributed by atoms with E-state index in [1.54, 1.807) is 4.57 Å². The number of imidazole rings is 1. The molecule has 0 unspecified atom stereocenters. The van der Waals surface area contributed by atoms with Crippen molar-refractivity contribution in [1.82, 2.24) is 19.5 Å². The largest absolute Gasteiger partial charge is 0.480 e. The van der Waals surface area contributed by atoms with Crippen molar-refractivity contribution in [1.29, 1.82) is 0 Å². The summed E-state index contributed by atoms with van der Waals surface area (Å²) in [5.41, 5.74) is 6.56. The van der Waals surface area contributed by atoms with Crippen molar-refractivity contribution < 1.29 is 24.9 Å². The Morgan fingerprint density at radius 3 is 2.90 bits per heavy atom. The molecule has 2 aromatic rings. The number of nitrogens with two attached hydrogens (primary N) is 1. The zero-order chi connectivity index (χ0) is 21.7. The molecule has 0 spiro atoms. The van der Waals surface area contributed by atoms with Gasteiger partial charge in [-0.25, -0.2) is 15.0 Å². The molecule has 0 radical (unpaired) electrons. The maximum Gasteiger partial charge on any atom is 0.320 e. The normalized spacial score (nSPS) is 24.9. The third-order valence-electron chi connectivity index (χ3n) is 4.97. The predicted octanol–water partition coefficient (Wildman–Crippen LogP) is 0.193. The Balaban J connectivity index is 1.65. The van der Waals surface area contributed by atoms with E-state index < -0.39 is 36.6 Å². The van der Waals surface area contributed by atoms with Gasteiger partial charge >= 0.3 is 5.97 Å². The van der Waals surface area contributed by atoms with Gasteiger partial charge in [0.25, 0.3) is 0 Å². The third-order valence-corrected chi connectivity index (χ3v) is 6.05. The minimum Gasteiger partial charge on any atom is -0.480 e. The number of carbonyl (C=O) groups is 1. The lowest BCUT2D eigenvalue weighted by Crippen LogP contribution is -2.33. The molecular weight excluding hydrogens is 412 g/mol. The molecule has 1 saturated heterocycles. The number of unbranched alkanes of at least 4 members (excludes halogenated alkanes) is 1. The van der Waals surface area contributed by atoms with Gasteiger partial charge in [0.15, 0.2) is 23.2 Å². The number of aliphatic carboxylic acids is 1. The van der Waals surface area contributed by atoms with Gasteiger partial charge in [0, 0.05) is 12.3 Å². The van der Waals surface area contributed by atoms with Crippen molar-refractivity contribution in [3.63, 3.8) is 0 Å². The number of nitrogens with zero attached hydrogens (tertiary/aromatic N) is 4. The third kappa shape index (κ3) is 5.01. The zero-order valence-corrected chi connectivity index (χ0v) is 17.5. The number of nitrogens with one attached hydrogen (secondary N) is 1. The van der Waals surface area contributed by atoms with Crippen LogP contribution in [0.4, 0.5) is 5.82 Å². The number of fused-ring (bicyclic) bond motifs is 1. The van der Waals surface area contributed by atoms with Crippen LogP contribution in [-0.2, 0) is 9.53 Å². The monoisotopic (exact) mass is 440 g/mol. The Hall–Kier alpha value is -1.99. The predicted molar refractivity (Wildman–Crippen MR) is 112 cm³/mol. The first-order valence-electron chi connectivity index (χ1n) is 9.93. The summed E-state index contributed by atoms with van der Waals surface area (Å²) >= 11 is 1.42. The number of anilines is 1. The number of ether oxygens (including phenoxy) is 1. The molecule has 1 aliphatic heterocycles. The number of aliphatic hydroxyl groups excluding tert-OH is 2. The van der Waals surface area contributed by atoms with E-state index in [9.17, 15) is 15.0 Å². The second kappa shape index (κ2) is 10.4. The van der Waals surface area contributed by atoms with Crippen molar-refractivity contribution in [3.8, 4) is 0 Å². The molecule has 5 atom stereocenters. The molecule has 2 aromatic heterocycles. The first kappa shape index (κ1) is 22.7. The Morgan fingerprint density at radius 2 is 2.17 bits per heavy atom. The topological polar surface area (TPSA) is 169 Å². The van der Waals surface area contributed by atoms with Gasteiger partial charge in [0.1, 0.15) is 24.6 Å². The fraction of sp³-hybridized carbons (Fsp3) is 0.667. The van der Waals surface area contributed by atoms with E-state index in [2.05, 4.69) is 27.2 Å². The Morgan fingerprint density at radius 1 is 1.37 bits per heavy atom. The van der Waals surface area contributed by atoms with Crippen LogP contribution in [0.25, 0.3) is 11.2 Å². The van der Waals surface area contributed by atoms with E-state index in [-0.39, 0.29) is 0 Å². The number of hydrogen-bond acceptors (Lipinski definition) is 10. The molecule has 12 heteroatoms. The first-order chi connectivity index (χ1) is 14.4. The molecule has 0 aromatic carbocycles. The lowest BCUT2D eigenvalue weighted by molar-refractivity contribution is -0.138. The van der Waals surface area contributed by atoms with Crippen molar-refractivity contribution in [3.05, 3.63) is 12.7 Å². The van der Waals surface area contributed by atoms with Gasteiger partial charge in [-0.3, -0.25) is 9.36 Å². The molecule has 30 heavy (non-hydrogen) atoms. The van der Waals surface area contributed by atoms with E-state index in [1.807, 2.05) is 0 Å². The van der Waals surface area contributed by atoms with Crippen molar-refractivity contribution in [2.45, 2.75) is 56.8 Å².